The highest BCUT2D eigenvalue weighted by molar-refractivity contribution is 5.78. The van der Waals surface area contributed by atoms with Gasteiger partial charge in [-0.3, -0.25) is 10.1 Å². The van der Waals surface area contributed by atoms with Crippen molar-refractivity contribution in [2.75, 3.05) is 6.54 Å². The van der Waals surface area contributed by atoms with Crippen LogP contribution in [-0.2, 0) is 4.79 Å². The van der Waals surface area contributed by atoms with Crippen LogP contribution < -0.4 is 10.6 Å². The molecule has 0 aliphatic rings. The molecule has 0 atom stereocenters. The summed E-state index contributed by atoms with van der Waals surface area (Å²) in [6.45, 7) is 4.22. The Kier molecular flexibility index (Phi) is 5.52. The van der Waals surface area contributed by atoms with Gasteiger partial charge in [-0.2, -0.15) is 0 Å². The van der Waals surface area contributed by atoms with Gasteiger partial charge in [0.2, 0.25) is 5.91 Å². The van der Waals surface area contributed by atoms with Crippen LogP contribution in [0.3, 0.4) is 0 Å². The van der Waals surface area contributed by atoms with Gasteiger partial charge < -0.3 is 5.32 Å². The van der Waals surface area contributed by atoms with Crippen molar-refractivity contribution in [2.24, 2.45) is 0 Å². The molecule has 3 heteroatoms. The second-order valence-electron chi connectivity index (χ2n) is 5.36. The number of benzene rings is 2. The first-order valence-electron chi connectivity index (χ1n) is 7.29. The SMILES string of the molecule is CC(C)NC(=O)CNC(c1ccccc1)c1ccccc1. The zero-order chi connectivity index (χ0) is 15.1. The summed E-state index contributed by atoms with van der Waals surface area (Å²) in [6.07, 6.45) is 0. The first-order valence-corrected chi connectivity index (χ1v) is 7.29. The standard InChI is InChI=1S/C18H22N2O/c1-14(2)20-17(21)13-19-18(15-9-5-3-6-10-15)16-11-7-4-8-12-16/h3-12,14,18-19H,13H2,1-2H3,(H,20,21). The van der Waals surface area contributed by atoms with Crippen molar-refractivity contribution in [3.63, 3.8) is 0 Å². The van der Waals surface area contributed by atoms with Gasteiger partial charge in [0.15, 0.2) is 0 Å². The Labute approximate surface area is 126 Å². The predicted octanol–water partition coefficient (Wildman–Crippen LogP) is 2.89. The lowest BCUT2D eigenvalue weighted by Gasteiger charge is -2.20. The van der Waals surface area contributed by atoms with Crippen LogP contribution in [0, 0.1) is 0 Å². The summed E-state index contributed by atoms with van der Waals surface area (Å²) in [4.78, 5) is 11.8. The maximum Gasteiger partial charge on any atom is 0.234 e. The second kappa shape index (κ2) is 7.60. The van der Waals surface area contributed by atoms with Crippen molar-refractivity contribution in [3.05, 3.63) is 71.8 Å². The maximum absolute atomic E-state index is 11.8. The summed E-state index contributed by atoms with van der Waals surface area (Å²) < 4.78 is 0. The molecule has 0 saturated carbocycles. The fourth-order valence-electron chi connectivity index (χ4n) is 2.29. The Bertz CT molecular complexity index is 512. The van der Waals surface area contributed by atoms with Crippen LogP contribution in [-0.4, -0.2) is 18.5 Å². The fraction of sp³-hybridized carbons (Fsp3) is 0.278. The highest BCUT2D eigenvalue weighted by Gasteiger charge is 2.14. The third kappa shape index (κ3) is 4.72. The third-order valence-corrected chi connectivity index (χ3v) is 3.18. The van der Waals surface area contributed by atoms with Gasteiger partial charge in [-0.05, 0) is 25.0 Å². The average molecular weight is 282 g/mol. The molecule has 2 aromatic carbocycles. The predicted molar refractivity (Wildman–Crippen MR) is 86.0 cm³/mol. The summed E-state index contributed by atoms with van der Waals surface area (Å²) >= 11 is 0. The fourth-order valence-corrected chi connectivity index (χ4v) is 2.29. The van der Waals surface area contributed by atoms with Gasteiger partial charge in [0.1, 0.15) is 0 Å². The molecule has 0 fully saturated rings. The van der Waals surface area contributed by atoms with Gasteiger partial charge in [-0.1, -0.05) is 60.7 Å². The number of amides is 1. The summed E-state index contributed by atoms with van der Waals surface area (Å²) in [5.41, 5.74) is 2.31. The molecule has 0 aliphatic carbocycles. The number of hydrogen-bond donors (Lipinski definition) is 2. The van der Waals surface area contributed by atoms with E-state index in [0.29, 0.717) is 6.54 Å². The van der Waals surface area contributed by atoms with Crippen molar-refractivity contribution in [1.29, 1.82) is 0 Å². The van der Waals surface area contributed by atoms with E-state index in [4.69, 9.17) is 0 Å². The minimum atomic E-state index is 0.0156. The minimum Gasteiger partial charge on any atom is -0.353 e. The zero-order valence-corrected chi connectivity index (χ0v) is 12.5. The summed E-state index contributed by atoms with van der Waals surface area (Å²) in [6, 6.07) is 20.5. The van der Waals surface area contributed by atoms with Crippen molar-refractivity contribution in [2.45, 2.75) is 25.9 Å². The maximum atomic E-state index is 11.8. The first-order chi connectivity index (χ1) is 10.2. The Balaban J connectivity index is 2.12. The molecule has 0 bridgehead atoms. The van der Waals surface area contributed by atoms with Crippen molar-refractivity contribution < 1.29 is 4.79 Å². The van der Waals surface area contributed by atoms with Crippen LogP contribution in [0.5, 0.6) is 0 Å². The van der Waals surface area contributed by atoms with E-state index in [1.165, 1.54) is 0 Å². The van der Waals surface area contributed by atoms with E-state index >= 15 is 0 Å². The highest BCUT2D eigenvalue weighted by atomic mass is 16.1. The molecule has 3 nitrogen and oxygen atoms in total. The van der Waals surface area contributed by atoms with E-state index in [1.807, 2.05) is 50.2 Å². The van der Waals surface area contributed by atoms with Gasteiger partial charge >= 0.3 is 0 Å². The summed E-state index contributed by atoms with van der Waals surface area (Å²) in [5, 5.41) is 6.25. The van der Waals surface area contributed by atoms with E-state index in [9.17, 15) is 4.79 Å². The van der Waals surface area contributed by atoms with Gasteiger partial charge in [-0.15, -0.1) is 0 Å². The van der Waals surface area contributed by atoms with Crippen LogP contribution >= 0.6 is 0 Å². The van der Waals surface area contributed by atoms with Crippen LogP contribution in [0.4, 0.5) is 0 Å². The zero-order valence-electron chi connectivity index (χ0n) is 12.5. The summed E-state index contributed by atoms with van der Waals surface area (Å²) in [7, 11) is 0. The molecule has 0 saturated heterocycles. The van der Waals surface area contributed by atoms with Crippen molar-refractivity contribution >= 4 is 5.91 Å². The lowest BCUT2D eigenvalue weighted by molar-refractivity contribution is -0.120. The smallest absolute Gasteiger partial charge is 0.234 e. The van der Waals surface area contributed by atoms with E-state index < -0.39 is 0 Å². The molecule has 2 N–H and O–H groups in total. The molecule has 2 aromatic rings. The van der Waals surface area contributed by atoms with Crippen LogP contribution in [0.1, 0.15) is 31.0 Å². The lowest BCUT2D eigenvalue weighted by atomic mass is 9.99. The molecule has 0 unspecified atom stereocenters. The molecule has 1 amide bonds. The number of hydrogen-bond acceptors (Lipinski definition) is 2. The topological polar surface area (TPSA) is 41.1 Å². The molecule has 0 aromatic heterocycles. The van der Waals surface area contributed by atoms with E-state index in [-0.39, 0.29) is 18.0 Å². The molecular formula is C18H22N2O. The largest absolute Gasteiger partial charge is 0.353 e. The van der Waals surface area contributed by atoms with Gasteiger partial charge in [0, 0.05) is 6.04 Å². The van der Waals surface area contributed by atoms with Crippen molar-refractivity contribution in [3.8, 4) is 0 Å². The lowest BCUT2D eigenvalue weighted by Crippen LogP contribution is -2.39. The van der Waals surface area contributed by atoms with Crippen LogP contribution in [0.2, 0.25) is 0 Å². The van der Waals surface area contributed by atoms with Crippen molar-refractivity contribution in [1.82, 2.24) is 10.6 Å². The van der Waals surface area contributed by atoms with Crippen LogP contribution in [0.15, 0.2) is 60.7 Å². The molecular weight excluding hydrogens is 260 g/mol. The first kappa shape index (κ1) is 15.3. The van der Waals surface area contributed by atoms with Gasteiger partial charge in [0.25, 0.3) is 0 Å². The normalized spacial score (nSPS) is 10.9. The number of carbonyl (C=O) groups is 1. The molecule has 0 heterocycles. The second-order valence-corrected chi connectivity index (χ2v) is 5.36. The van der Waals surface area contributed by atoms with Gasteiger partial charge in [0.05, 0.1) is 12.6 Å². The van der Waals surface area contributed by atoms with E-state index in [2.05, 4.69) is 34.9 Å². The number of rotatable bonds is 6. The third-order valence-electron chi connectivity index (χ3n) is 3.18. The Hall–Kier alpha value is -2.13. The average Bonchev–Trinajstić information content (AvgIpc) is 2.49. The molecule has 0 radical (unpaired) electrons. The molecule has 0 spiro atoms. The molecule has 0 aliphatic heterocycles. The number of carbonyl (C=O) groups excluding carboxylic acids is 1. The molecule has 2 rings (SSSR count). The molecule has 21 heavy (non-hydrogen) atoms. The minimum absolute atomic E-state index is 0.0156. The monoisotopic (exact) mass is 282 g/mol. The Morgan fingerprint density at radius 3 is 1.81 bits per heavy atom. The van der Waals surface area contributed by atoms with Gasteiger partial charge in [-0.25, -0.2) is 0 Å². The van der Waals surface area contributed by atoms with E-state index in [0.717, 1.165) is 11.1 Å². The quantitative estimate of drug-likeness (QED) is 0.855. The summed E-state index contributed by atoms with van der Waals surface area (Å²) in [5.74, 6) is 0.0156. The number of nitrogens with one attached hydrogen (secondary N) is 2. The highest BCUT2D eigenvalue weighted by Crippen LogP contribution is 2.21. The molecule has 110 valence electrons. The Morgan fingerprint density at radius 1 is 0.905 bits per heavy atom. The van der Waals surface area contributed by atoms with Crippen LogP contribution in [0.25, 0.3) is 0 Å². The van der Waals surface area contributed by atoms with E-state index in [1.54, 1.807) is 0 Å². The Morgan fingerprint density at radius 2 is 1.38 bits per heavy atom.